The van der Waals surface area contributed by atoms with Gasteiger partial charge in [-0.1, -0.05) is 17.7 Å². The molecule has 5 heteroatoms. The number of benzene rings is 1. The number of hydrogen-bond donors (Lipinski definition) is 0. The summed E-state index contributed by atoms with van der Waals surface area (Å²) in [4.78, 5) is 2.30. The molecule has 2 fully saturated rings. The minimum absolute atomic E-state index is 0.324. The van der Waals surface area contributed by atoms with Gasteiger partial charge in [-0.3, -0.25) is 0 Å². The minimum atomic E-state index is -0.324. The molecule has 0 aliphatic carbocycles. The summed E-state index contributed by atoms with van der Waals surface area (Å²) in [6.07, 6.45) is 1.80. The quantitative estimate of drug-likeness (QED) is 0.786. The lowest BCUT2D eigenvalue weighted by Gasteiger charge is -2.39. The zero-order valence-corrected chi connectivity index (χ0v) is 12.3. The van der Waals surface area contributed by atoms with Crippen LogP contribution in [0.5, 0.6) is 0 Å². The largest absolute Gasteiger partial charge is 0.370 e. The van der Waals surface area contributed by atoms with Gasteiger partial charge in [-0.2, -0.15) is 0 Å². The van der Waals surface area contributed by atoms with Crippen LogP contribution in [0, 0.1) is 0 Å². The molecular formula is C13H15BrClNO2. The van der Waals surface area contributed by atoms with E-state index in [9.17, 15) is 0 Å². The highest BCUT2D eigenvalue weighted by Gasteiger charge is 2.40. The number of anilines is 1. The Morgan fingerprint density at radius 1 is 1.17 bits per heavy atom. The Hall–Kier alpha value is -0.290. The number of piperidine rings is 1. The number of ether oxygens (including phenoxy) is 2. The molecule has 0 amide bonds. The van der Waals surface area contributed by atoms with Crippen molar-refractivity contribution in [3.63, 3.8) is 0 Å². The lowest BCUT2D eigenvalue weighted by molar-refractivity contribution is -0.169. The molecule has 98 valence electrons. The predicted octanol–water partition coefficient (Wildman–Crippen LogP) is 3.45. The van der Waals surface area contributed by atoms with Crippen LogP contribution < -0.4 is 4.90 Å². The molecule has 3 nitrogen and oxygen atoms in total. The van der Waals surface area contributed by atoms with E-state index in [1.807, 2.05) is 12.1 Å². The van der Waals surface area contributed by atoms with Crippen molar-refractivity contribution in [2.45, 2.75) is 18.6 Å². The first kappa shape index (κ1) is 12.7. The van der Waals surface area contributed by atoms with Crippen molar-refractivity contribution >= 4 is 33.2 Å². The molecule has 0 atom stereocenters. The third-order valence-corrected chi connectivity index (χ3v) is 4.90. The molecule has 0 radical (unpaired) electrons. The first-order valence-corrected chi connectivity index (χ1v) is 7.34. The van der Waals surface area contributed by atoms with Crippen molar-refractivity contribution in [3.8, 4) is 0 Å². The molecule has 0 saturated carbocycles. The number of halogens is 2. The van der Waals surface area contributed by atoms with Crippen LogP contribution in [0.4, 0.5) is 5.69 Å². The molecular weight excluding hydrogens is 318 g/mol. The Labute approximate surface area is 120 Å². The second-order valence-corrected chi connectivity index (χ2v) is 5.90. The van der Waals surface area contributed by atoms with Crippen molar-refractivity contribution in [1.29, 1.82) is 0 Å². The molecule has 18 heavy (non-hydrogen) atoms. The molecule has 2 saturated heterocycles. The van der Waals surface area contributed by atoms with E-state index in [-0.39, 0.29) is 5.79 Å². The molecule has 2 aliphatic rings. The Kier molecular flexibility index (Phi) is 3.54. The van der Waals surface area contributed by atoms with E-state index < -0.39 is 0 Å². The minimum Gasteiger partial charge on any atom is -0.370 e. The van der Waals surface area contributed by atoms with Gasteiger partial charge in [0.1, 0.15) is 0 Å². The Morgan fingerprint density at radius 3 is 2.50 bits per heavy atom. The van der Waals surface area contributed by atoms with Gasteiger partial charge in [0.2, 0.25) is 0 Å². The van der Waals surface area contributed by atoms with Gasteiger partial charge in [-0.25, -0.2) is 0 Å². The summed E-state index contributed by atoms with van der Waals surface area (Å²) < 4.78 is 12.4. The van der Waals surface area contributed by atoms with Gasteiger partial charge in [-0.05, 0) is 28.1 Å². The standard InChI is InChI=1S/C13H15BrClNO2/c14-10-2-1-3-11(12(10)15)16-6-4-13(5-7-16)17-8-9-18-13/h1-3H,4-9H2. The fourth-order valence-corrected chi connectivity index (χ4v) is 3.21. The van der Waals surface area contributed by atoms with Crippen molar-refractivity contribution in [3.05, 3.63) is 27.7 Å². The van der Waals surface area contributed by atoms with E-state index in [4.69, 9.17) is 21.1 Å². The maximum absolute atomic E-state index is 6.33. The van der Waals surface area contributed by atoms with Crippen LogP contribution in [0.1, 0.15) is 12.8 Å². The third kappa shape index (κ3) is 2.27. The van der Waals surface area contributed by atoms with Gasteiger partial charge in [0.05, 0.1) is 23.9 Å². The van der Waals surface area contributed by atoms with E-state index in [0.29, 0.717) is 0 Å². The van der Waals surface area contributed by atoms with Crippen LogP contribution in [0.15, 0.2) is 22.7 Å². The van der Waals surface area contributed by atoms with E-state index in [1.54, 1.807) is 0 Å². The maximum atomic E-state index is 6.33. The van der Waals surface area contributed by atoms with E-state index in [2.05, 4.69) is 26.9 Å². The lowest BCUT2D eigenvalue weighted by atomic mass is 10.0. The zero-order chi connectivity index (χ0) is 12.6. The number of hydrogen-bond acceptors (Lipinski definition) is 3. The normalized spacial score (nSPS) is 22.7. The van der Waals surface area contributed by atoms with Gasteiger partial charge >= 0.3 is 0 Å². The van der Waals surface area contributed by atoms with E-state index in [1.165, 1.54) is 0 Å². The predicted molar refractivity (Wildman–Crippen MR) is 75.2 cm³/mol. The second-order valence-electron chi connectivity index (χ2n) is 4.67. The van der Waals surface area contributed by atoms with Crippen molar-refractivity contribution in [2.24, 2.45) is 0 Å². The summed E-state index contributed by atoms with van der Waals surface area (Å²) in [5.41, 5.74) is 1.08. The molecule has 0 bridgehead atoms. The molecule has 2 aliphatic heterocycles. The van der Waals surface area contributed by atoms with Crippen LogP contribution in [-0.4, -0.2) is 32.1 Å². The summed E-state index contributed by atoms with van der Waals surface area (Å²) >= 11 is 9.79. The average Bonchev–Trinajstić information content (AvgIpc) is 2.83. The molecule has 2 heterocycles. The summed E-state index contributed by atoms with van der Waals surface area (Å²) in [6, 6.07) is 6.03. The Balaban J connectivity index is 1.74. The smallest absolute Gasteiger partial charge is 0.171 e. The van der Waals surface area contributed by atoms with Gasteiger partial charge in [0.15, 0.2) is 5.79 Å². The van der Waals surface area contributed by atoms with Crippen molar-refractivity contribution in [2.75, 3.05) is 31.2 Å². The van der Waals surface area contributed by atoms with Crippen LogP contribution >= 0.6 is 27.5 Å². The monoisotopic (exact) mass is 331 g/mol. The molecule has 0 N–H and O–H groups in total. The highest BCUT2D eigenvalue weighted by molar-refractivity contribution is 9.10. The fraction of sp³-hybridized carbons (Fsp3) is 0.538. The van der Waals surface area contributed by atoms with Crippen LogP contribution in [0.2, 0.25) is 5.02 Å². The third-order valence-electron chi connectivity index (χ3n) is 3.61. The first-order chi connectivity index (χ1) is 8.70. The summed E-state index contributed by atoms with van der Waals surface area (Å²) in [6.45, 7) is 3.27. The first-order valence-electron chi connectivity index (χ1n) is 6.17. The number of rotatable bonds is 1. The second kappa shape index (κ2) is 5.00. The van der Waals surface area contributed by atoms with Crippen molar-refractivity contribution in [1.82, 2.24) is 0 Å². The average molecular weight is 333 g/mol. The van der Waals surface area contributed by atoms with Crippen LogP contribution in [0.3, 0.4) is 0 Å². The van der Waals surface area contributed by atoms with Gasteiger partial charge in [0, 0.05) is 30.4 Å². The highest BCUT2D eigenvalue weighted by atomic mass is 79.9. The lowest BCUT2D eigenvalue weighted by Crippen LogP contribution is -2.45. The van der Waals surface area contributed by atoms with Gasteiger partial charge in [-0.15, -0.1) is 0 Å². The van der Waals surface area contributed by atoms with Crippen molar-refractivity contribution < 1.29 is 9.47 Å². The van der Waals surface area contributed by atoms with E-state index >= 15 is 0 Å². The maximum Gasteiger partial charge on any atom is 0.171 e. The summed E-state index contributed by atoms with van der Waals surface area (Å²) in [5, 5.41) is 0.779. The zero-order valence-electron chi connectivity index (χ0n) is 9.99. The molecule has 1 spiro atoms. The SMILES string of the molecule is Clc1c(Br)cccc1N1CCC2(CC1)OCCO2. The Bertz CT molecular complexity index is 439. The molecule has 1 aromatic rings. The summed E-state index contributed by atoms with van der Waals surface area (Å²) in [7, 11) is 0. The fourth-order valence-electron chi connectivity index (χ4n) is 2.61. The van der Waals surface area contributed by atoms with Crippen LogP contribution in [-0.2, 0) is 9.47 Å². The van der Waals surface area contributed by atoms with Gasteiger partial charge in [0.25, 0.3) is 0 Å². The van der Waals surface area contributed by atoms with Crippen LogP contribution in [0.25, 0.3) is 0 Å². The van der Waals surface area contributed by atoms with E-state index in [0.717, 1.165) is 54.3 Å². The molecule has 1 aromatic carbocycles. The Morgan fingerprint density at radius 2 is 1.83 bits per heavy atom. The number of nitrogens with zero attached hydrogens (tertiary/aromatic N) is 1. The molecule has 0 aromatic heterocycles. The molecule has 0 unspecified atom stereocenters. The van der Waals surface area contributed by atoms with Gasteiger partial charge < -0.3 is 14.4 Å². The highest BCUT2D eigenvalue weighted by Crippen LogP contribution is 2.37. The topological polar surface area (TPSA) is 21.7 Å². The summed E-state index contributed by atoms with van der Waals surface area (Å²) in [5.74, 6) is -0.324. The molecule has 3 rings (SSSR count).